The van der Waals surface area contributed by atoms with Gasteiger partial charge in [0.2, 0.25) is 0 Å². The van der Waals surface area contributed by atoms with Crippen molar-refractivity contribution in [2.45, 2.75) is 13.5 Å². The van der Waals surface area contributed by atoms with Gasteiger partial charge in [0.15, 0.2) is 0 Å². The zero-order valence-electron chi connectivity index (χ0n) is 15.1. The van der Waals surface area contributed by atoms with E-state index in [4.69, 9.17) is 11.6 Å². The number of carbonyl (C=O) groups is 1. The van der Waals surface area contributed by atoms with Gasteiger partial charge in [0.05, 0.1) is 0 Å². The highest BCUT2D eigenvalue weighted by atomic mass is 35.5. The summed E-state index contributed by atoms with van der Waals surface area (Å²) in [6, 6.07) is 12.7. The molecule has 0 radical (unpaired) electrons. The van der Waals surface area contributed by atoms with E-state index >= 15 is 0 Å². The fourth-order valence-corrected chi connectivity index (χ4v) is 3.70. The fraction of sp³-hybridized carbons (Fsp3) is 0.286. The van der Waals surface area contributed by atoms with E-state index in [2.05, 4.69) is 9.88 Å². The van der Waals surface area contributed by atoms with Crippen LogP contribution in [0.2, 0.25) is 5.02 Å². The van der Waals surface area contributed by atoms with Crippen LogP contribution in [0, 0.1) is 12.7 Å². The van der Waals surface area contributed by atoms with E-state index in [9.17, 15) is 9.18 Å². The molecule has 27 heavy (non-hydrogen) atoms. The van der Waals surface area contributed by atoms with Crippen LogP contribution >= 0.6 is 11.6 Å². The number of nitrogens with zero attached hydrogens (tertiary/aromatic N) is 2. The van der Waals surface area contributed by atoms with Gasteiger partial charge >= 0.3 is 0 Å². The number of nitrogens with one attached hydrogen (secondary N) is 1. The molecule has 1 aromatic heterocycles. The zero-order valence-corrected chi connectivity index (χ0v) is 15.9. The van der Waals surface area contributed by atoms with Crippen molar-refractivity contribution in [2.24, 2.45) is 0 Å². The molecule has 1 saturated heterocycles. The smallest absolute Gasteiger partial charge is 0.270 e. The number of aromatic nitrogens is 1. The normalized spacial score (nSPS) is 15.4. The zero-order chi connectivity index (χ0) is 19.0. The predicted molar refractivity (Wildman–Crippen MR) is 106 cm³/mol. The van der Waals surface area contributed by atoms with Gasteiger partial charge in [-0.25, -0.2) is 4.39 Å². The summed E-state index contributed by atoms with van der Waals surface area (Å²) >= 11 is 6.02. The molecule has 0 bridgehead atoms. The molecule has 0 spiro atoms. The molecule has 6 heteroatoms. The SMILES string of the molecule is Cc1ccc(CN2CCN(C(=O)c3cc4cc(Cl)ccc4[nH]3)CC2)c(F)c1. The first-order chi connectivity index (χ1) is 13.0. The Morgan fingerprint density at radius 3 is 2.63 bits per heavy atom. The molecule has 0 unspecified atom stereocenters. The number of hydrogen-bond donors (Lipinski definition) is 1. The maximum Gasteiger partial charge on any atom is 0.270 e. The number of H-pyrrole nitrogens is 1. The molecule has 2 aromatic carbocycles. The van der Waals surface area contributed by atoms with Crippen molar-refractivity contribution >= 4 is 28.4 Å². The Morgan fingerprint density at radius 2 is 1.89 bits per heavy atom. The third-order valence-corrected chi connectivity index (χ3v) is 5.31. The molecule has 3 aromatic rings. The lowest BCUT2D eigenvalue weighted by Crippen LogP contribution is -2.48. The number of hydrogen-bond acceptors (Lipinski definition) is 2. The number of fused-ring (bicyclic) bond motifs is 1. The topological polar surface area (TPSA) is 39.3 Å². The van der Waals surface area contributed by atoms with E-state index in [1.807, 2.05) is 42.2 Å². The molecule has 1 aliphatic rings. The molecule has 1 amide bonds. The second-order valence-electron chi connectivity index (χ2n) is 7.08. The van der Waals surface area contributed by atoms with Crippen LogP contribution in [0.5, 0.6) is 0 Å². The number of piperazine rings is 1. The minimum absolute atomic E-state index is 0.0107. The first kappa shape index (κ1) is 18.0. The van der Waals surface area contributed by atoms with Gasteiger partial charge in [-0.2, -0.15) is 0 Å². The first-order valence-corrected chi connectivity index (χ1v) is 9.42. The van der Waals surface area contributed by atoms with E-state index in [1.54, 1.807) is 12.1 Å². The Hall–Kier alpha value is -2.37. The monoisotopic (exact) mass is 385 g/mol. The number of aromatic amines is 1. The Balaban J connectivity index is 1.40. The first-order valence-electron chi connectivity index (χ1n) is 9.04. The molecule has 1 fully saturated rings. The second kappa shape index (κ2) is 7.33. The summed E-state index contributed by atoms with van der Waals surface area (Å²) in [5.41, 5.74) is 3.10. The van der Waals surface area contributed by atoms with Crippen LogP contribution in [0.25, 0.3) is 10.9 Å². The lowest BCUT2D eigenvalue weighted by molar-refractivity contribution is 0.0622. The van der Waals surface area contributed by atoms with Gasteiger partial charge in [-0.3, -0.25) is 9.69 Å². The van der Waals surface area contributed by atoms with Crippen molar-refractivity contribution in [2.75, 3.05) is 26.2 Å². The molecule has 140 valence electrons. The summed E-state index contributed by atoms with van der Waals surface area (Å²) in [6.45, 7) is 5.16. The van der Waals surface area contributed by atoms with Crippen LogP contribution in [0.4, 0.5) is 4.39 Å². The van der Waals surface area contributed by atoms with Gasteiger partial charge in [0, 0.05) is 54.2 Å². The fourth-order valence-electron chi connectivity index (χ4n) is 3.52. The largest absolute Gasteiger partial charge is 0.351 e. The molecular weight excluding hydrogens is 365 g/mol. The lowest BCUT2D eigenvalue weighted by Gasteiger charge is -2.34. The van der Waals surface area contributed by atoms with Crippen LogP contribution in [-0.4, -0.2) is 46.9 Å². The molecule has 4 rings (SSSR count). The molecular formula is C21H21ClFN3O. The van der Waals surface area contributed by atoms with Crippen molar-refractivity contribution in [1.82, 2.24) is 14.8 Å². The van der Waals surface area contributed by atoms with Crippen molar-refractivity contribution < 1.29 is 9.18 Å². The molecule has 1 aliphatic heterocycles. The van der Waals surface area contributed by atoms with Crippen molar-refractivity contribution in [3.8, 4) is 0 Å². The van der Waals surface area contributed by atoms with Crippen molar-refractivity contribution in [3.63, 3.8) is 0 Å². The van der Waals surface area contributed by atoms with Crippen LogP contribution < -0.4 is 0 Å². The lowest BCUT2D eigenvalue weighted by atomic mass is 10.1. The third kappa shape index (κ3) is 3.84. The molecule has 0 aliphatic carbocycles. The van der Waals surface area contributed by atoms with Gasteiger partial charge in [-0.1, -0.05) is 23.7 Å². The number of rotatable bonds is 3. The number of halogens is 2. The summed E-state index contributed by atoms with van der Waals surface area (Å²) in [7, 11) is 0. The summed E-state index contributed by atoms with van der Waals surface area (Å²) < 4.78 is 14.1. The summed E-state index contributed by atoms with van der Waals surface area (Å²) in [5.74, 6) is -0.172. The van der Waals surface area contributed by atoms with E-state index in [1.165, 1.54) is 0 Å². The van der Waals surface area contributed by atoms with Crippen molar-refractivity contribution in [1.29, 1.82) is 0 Å². The third-order valence-electron chi connectivity index (χ3n) is 5.08. The second-order valence-corrected chi connectivity index (χ2v) is 7.51. The summed E-state index contributed by atoms with van der Waals surface area (Å²) in [5, 5.41) is 1.58. The highest BCUT2D eigenvalue weighted by Crippen LogP contribution is 2.21. The number of benzene rings is 2. The van der Waals surface area contributed by atoms with Crippen LogP contribution in [0.1, 0.15) is 21.6 Å². The van der Waals surface area contributed by atoms with Gasteiger partial charge in [-0.15, -0.1) is 0 Å². The van der Waals surface area contributed by atoms with E-state index in [0.29, 0.717) is 35.9 Å². The number of carbonyl (C=O) groups excluding carboxylic acids is 1. The highest BCUT2D eigenvalue weighted by Gasteiger charge is 2.23. The molecule has 1 N–H and O–H groups in total. The Kier molecular flexibility index (Phi) is 4.89. The standard InChI is InChI=1S/C21H21ClFN3O/c1-14-2-3-15(18(23)10-14)13-25-6-8-26(9-7-25)21(27)20-12-16-11-17(22)4-5-19(16)24-20/h2-5,10-12,24H,6-9,13H2,1H3. The van der Waals surface area contributed by atoms with Gasteiger partial charge in [-0.05, 0) is 42.8 Å². The molecule has 4 nitrogen and oxygen atoms in total. The highest BCUT2D eigenvalue weighted by molar-refractivity contribution is 6.31. The number of amides is 1. The Bertz CT molecular complexity index is 992. The maximum absolute atomic E-state index is 14.1. The van der Waals surface area contributed by atoms with Gasteiger partial charge in [0.25, 0.3) is 5.91 Å². The summed E-state index contributed by atoms with van der Waals surface area (Å²) in [4.78, 5) is 20.0. The van der Waals surface area contributed by atoms with Crippen molar-refractivity contribution in [3.05, 3.63) is 70.1 Å². The minimum atomic E-state index is -0.162. The predicted octanol–water partition coefficient (Wildman–Crippen LogP) is 4.23. The molecule has 0 saturated carbocycles. The van der Waals surface area contributed by atoms with Gasteiger partial charge in [0.1, 0.15) is 11.5 Å². The maximum atomic E-state index is 14.1. The van der Waals surface area contributed by atoms with Gasteiger partial charge < -0.3 is 9.88 Å². The molecule has 0 atom stereocenters. The molecule has 2 heterocycles. The minimum Gasteiger partial charge on any atom is -0.351 e. The average Bonchev–Trinajstić information content (AvgIpc) is 3.07. The van der Waals surface area contributed by atoms with E-state index in [0.717, 1.165) is 29.6 Å². The quantitative estimate of drug-likeness (QED) is 0.733. The van der Waals surface area contributed by atoms with Crippen LogP contribution in [-0.2, 0) is 6.54 Å². The Labute approximate surface area is 162 Å². The van der Waals surface area contributed by atoms with E-state index < -0.39 is 0 Å². The van der Waals surface area contributed by atoms with Crippen LogP contribution in [0.15, 0.2) is 42.5 Å². The van der Waals surface area contributed by atoms with E-state index in [-0.39, 0.29) is 11.7 Å². The summed E-state index contributed by atoms with van der Waals surface area (Å²) in [6.07, 6.45) is 0. The Morgan fingerprint density at radius 1 is 1.11 bits per heavy atom. The van der Waals surface area contributed by atoms with Crippen LogP contribution in [0.3, 0.4) is 0 Å². The number of aryl methyl sites for hydroxylation is 1. The average molecular weight is 386 g/mol.